The number of alkyl carbamates (subject to hydrolysis) is 1. The first kappa shape index (κ1) is 34.6. The average Bonchev–Trinajstić information content (AvgIpc) is 3.65. The summed E-state index contributed by atoms with van der Waals surface area (Å²) >= 11 is 0. The molecule has 5 atom stereocenters. The van der Waals surface area contributed by atoms with Crippen LogP contribution in [0, 0.1) is 11.3 Å². The van der Waals surface area contributed by atoms with Crippen molar-refractivity contribution in [3.63, 3.8) is 0 Å². The van der Waals surface area contributed by atoms with E-state index in [-0.39, 0.29) is 43.2 Å². The first-order valence-electron chi connectivity index (χ1n) is 15.2. The summed E-state index contributed by atoms with van der Waals surface area (Å²) in [6.45, 7) is 6.05. The Balaban J connectivity index is 1.57. The number of oxime groups is 1. The van der Waals surface area contributed by atoms with E-state index in [1.165, 1.54) is 23.5 Å². The molecule has 0 aromatic heterocycles. The molecule has 45 heavy (non-hydrogen) atoms. The Labute approximate surface area is 265 Å². The van der Waals surface area contributed by atoms with Crippen molar-refractivity contribution in [2.75, 3.05) is 33.4 Å². The predicted molar refractivity (Wildman–Crippen MR) is 167 cm³/mol. The van der Waals surface area contributed by atoms with Crippen LogP contribution in [-0.2, 0) is 30.7 Å². The molecule has 0 unspecified atom stereocenters. The SMILES string of the molecule is COc1ccc(S(=O)(=O)N(C[C@@H](O)[C@H](Cc2ccccc2)NC(=O)O[C@H]2CO[C@H]3OCC[C@H]32)CC(C)(C)CCC(C)=NO)cc1. The Kier molecular flexibility index (Phi) is 11.8. The average molecular weight is 648 g/mol. The molecule has 4 rings (SSSR count). The van der Waals surface area contributed by atoms with E-state index in [0.717, 1.165) is 12.0 Å². The number of nitrogens with zero attached hydrogens (tertiary/aromatic N) is 2. The molecule has 2 aliphatic heterocycles. The molecule has 2 aliphatic rings. The maximum atomic E-state index is 14.1. The number of hydrogen-bond donors (Lipinski definition) is 3. The quantitative estimate of drug-likeness (QED) is 0.149. The smallest absolute Gasteiger partial charge is 0.407 e. The van der Waals surface area contributed by atoms with Crippen LogP contribution >= 0.6 is 0 Å². The Bertz CT molecular complexity index is 1390. The summed E-state index contributed by atoms with van der Waals surface area (Å²) in [5.41, 5.74) is 0.815. The second-order valence-corrected chi connectivity index (χ2v) is 14.4. The monoisotopic (exact) mass is 647 g/mol. The number of nitrogens with one attached hydrogen (secondary N) is 1. The van der Waals surface area contributed by atoms with E-state index in [0.29, 0.717) is 30.9 Å². The maximum Gasteiger partial charge on any atom is 0.407 e. The topological polar surface area (TPSA) is 156 Å². The third-order valence-electron chi connectivity index (χ3n) is 8.34. The van der Waals surface area contributed by atoms with Gasteiger partial charge in [0.1, 0.15) is 11.9 Å². The van der Waals surface area contributed by atoms with Crippen molar-refractivity contribution < 1.29 is 42.5 Å². The van der Waals surface area contributed by atoms with Crippen molar-refractivity contribution >= 4 is 21.8 Å². The van der Waals surface area contributed by atoms with E-state index < -0.39 is 39.8 Å². The highest BCUT2D eigenvalue weighted by atomic mass is 32.2. The fourth-order valence-electron chi connectivity index (χ4n) is 5.63. The van der Waals surface area contributed by atoms with Gasteiger partial charge >= 0.3 is 6.09 Å². The zero-order chi connectivity index (χ0) is 32.6. The first-order valence-corrected chi connectivity index (χ1v) is 16.6. The Morgan fingerprint density at radius 1 is 1.16 bits per heavy atom. The Morgan fingerprint density at radius 2 is 1.87 bits per heavy atom. The largest absolute Gasteiger partial charge is 0.497 e. The van der Waals surface area contributed by atoms with Crippen LogP contribution in [0.5, 0.6) is 5.75 Å². The molecule has 13 heteroatoms. The molecule has 1 amide bonds. The summed E-state index contributed by atoms with van der Waals surface area (Å²) in [7, 11) is -2.60. The zero-order valence-corrected chi connectivity index (χ0v) is 27.1. The molecular formula is C32H45N3O9S. The van der Waals surface area contributed by atoms with E-state index in [9.17, 15) is 18.3 Å². The van der Waals surface area contributed by atoms with Gasteiger partial charge in [-0.1, -0.05) is 49.3 Å². The Morgan fingerprint density at radius 3 is 2.53 bits per heavy atom. The fourth-order valence-corrected chi connectivity index (χ4v) is 7.27. The number of methoxy groups -OCH3 is 1. The number of fused-ring (bicyclic) bond motifs is 1. The van der Waals surface area contributed by atoms with Gasteiger partial charge in [0, 0.05) is 13.1 Å². The highest BCUT2D eigenvalue weighted by molar-refractivity contribution is 7.89. The van der Waals surface area contributed by atoms with Crippen LogP contribution in [0.3, 0.4) is 0 Å². The molecule has 0 saturated carbocycles. The summed E-state index contributed by atoms with van der Waals surface area (Å²) in [6, 6.07) is 14.5. The van der Waals surface area contributed by atoms with E-state index in [1.807, 2.05) is 44.2 Å². The first-order chi connectivity index (χ1) is 21.4. The molecule has 2 heterocycles. The van der Waals surface area contributed by atoms with Crippen LogP contribution in [0.1, 0.15) is 45.6 Å². The van der Waals surface area contributed by atoms with Gasteiger partial charge in [-0.25, -0.2) is 13.2 Å². The molecule has 3 N–H and O–H groups in total. The minimum Gasteiger partial charge on any atom is -0.497 e. The van der Waals surface area contributed by atoms with Crippen LogP contribution < -0.4 is 10.1 Å². The number of carbonyl (C=O) groups excluding carboxylic acids is 1. The molecule has 2 saturated heterocycles. The van der Waals surface area contributed by atoms with Gasteiger partial charge in [0.15, 0.2) is 6.29 Å². The lowest BCUT2D eigenvalue weighted by Gasteiger charge is -2.35. The summed E-state index contributed by atoms with van der Waals surface area (Å²) in [5.74, 6) is 0.452. The van der Waals surface area contributed by atoms with Crippen molar-refractivity contribution in [1.29, 1.82) is 0 Å². The van der Waals surface area contributed by atoms with Crippen LogP contribution in [0.4, 0.5) is 4.79 Å². The number of carbonyl (C=O) groups is 1. The van der Waals surface area contributed by atoms with E-state index >= 15 is 0 Å². The van der Waals surface area contributed by atoms with Crippen molar-refractivity contribution in [1.82, 2.24) is 9.62 Å². The second kappa shape index (κ2) is 15.4. The van der Waals surface area contributed by atoms with Gasteiger partial charge in [-0.15, -0.1) is 0 Å². The summed E-state index contributed by atoms with van der Waals surface area (Å²) in [4.78, 5) is 13.2. The van der Waals surface area contributed by atoms with Gasteiger partial charge in [-0.05, 0) is 67.9 Å². The summed E-state index contributed by atoms with van der Waals surface area (Å²) in [6.07, 6.45) is -0.947. The number of benzene rings is 2. The lowest BCUT2D eigenvalue weighted by atomic mass is 9.86. The molecular weight excluding hydrogens is 602 g/mol. The van der Waals surface area contributed by atoms with Gasteiger partial charge in [-0.3, -0.25) is 0 Å². The molecule has 12 nitrogen and oxygen atoms in total. The van der Waals surface area contributed by atoms with Gasteiger partial charge in [0.25, 0.3) is 0 Å². The maximum absolute atomic E-state index is 14.1. The predicted octanol–water partition coefficient (Wildman–Crippen LogP) is 3.80. The molecule has 0 spiro atoms. The number of sulfonamides is 1. The molecule has 0 aliphatic carbocycles. The molecule has 248 valence electrons. The second-order valence-electron chi connectivity index (χ2n) is 12.4. The van der Waals surface area contributed by atoms with Crippen LogP contribution in [0.2, 0.25) is 0 Å². The number of hydrogen-bond acceptors (Lipinski definition) is 10. The molecule has 2 aromatic rings. The van der Waals surface area contributed by atoms with Crippen molar-refractivity contribution in [3.05, 3.63) is 60.2 Å². The van der Waals surface area contributed by atoms with Crippen molar-refractivity contribution in [2.24, 2.45) is 16.5 Å². The summed E-state index contributed by atoms with van der Waals surface area (Å²) < 4.78 is 51.4. The highest BCUT2D eigenvalue weighted by Crippen LogP contribution is 2.33. The minimum atomic E-state index is -4.10. The van der Waals surface area contributed by atoms with Crippen LogP contribution in [0.25, 0.3) is 0 Å². The number of aliphatic hydroxyl groups is 1. The van der Waals surface area contributed by atoms with Gasteiger partial charge in [0.05, 0.1) is 49.0 Å². The van der Waals surface area contributed by atoms with Gasteiger partial charge < -0.3 is 34.6 Å². The standard InChI is InChI=1S/C32H45N3O9S/c1-22(34-38)14-16-32(2,3)21-35(45(39,40)25-12-10-24(41-4)11-13-25)19-28(36)27(18-23-8-6-5-7-9-23)33-31(37)44-29-20-43-30-26(29)15-17-42-30/h5-13,26-30,36,38H,14-21H2,1-4H3,(H,33,37)/t26-,27-,28+,29-,30+/m0/s1. The van der Waals surface area contributed by atoms with E-state index in [2.05, 4.69) is 10.5 Å². The normalized spacial score (nSPS) is 21.7. The van der Waals surface area contributed by atoms with Gasteiger partial charge in [0.2, 0.25) is 10.0 Å². The molecule has 0 radical (unpaired) electrons. The Hall–Kier alpha value is -3.23. The van der Waals surface area contributed by atoms with Crippen molar-refractivity contribution in [2.45, 2.75) is 75.9 Å². The van der Waals surface area contributed by atoms with Gasteiger partial charge in [-0.2, -0.15) is 4.31 Å². The third kappa shape index (κ3) is 9.39. The number of rotatable bonds is 15. The molecule has 2 fully saturated rings. The van der Waals surface area contributed by atoms with E-state index in [1.54, 1.807) is 19.1 Å². The molecule has 0 bridgehead atoms. The fraction of sp³-hybridized carbons (Fsp3) is 0.562. The third-order valence-corrected chi connectivity index (χ3v) is 10.2. The number of ether oxygens (including phenoxy) is 4. The van der Waals surface area contributed by atoms with E-state index in [4.69, 9.17) is 24.2 Å². The van der Waals surface area contributed by atoms with Crippen LogP contribution in [0.15, 0.2) is 64.6 Å². The van der Waals surface area contributed by atoms with Crippen LogP contribution in [-0.4, -0.2) is 92.8 Å². The lowest BCUT2D eigenvalue weighted by Crippen LogP contribution is -2.52. The highest BCUT2D eigenvalue weighted by Gasteiger charge is 2.44. The zero-order valence-electron chi connectivity index (χ0n) is 26.3. The number of amides is 1. The number of aliphatic hydroxyl groups excluding tert-OH is 1. The minimum absolute atomic E-state index is 0.0425. The molecule has 2 aromatic carbocycles. The van der Waals surface area contributed by atoms with Crippen molar-refractivity contribution in [3.8, 4) is 5.75 Å². The lowest BCUT2D eigenvalue weighted by molar-refractivity contribution is -0.0907. The summed E-state index contributed by atoms with van der Waals surface area (Å²) in [5, 5.41) is 26.8.